The Morgan fingerprint density at radius 3 is 2.50 bits per heavy atom. The van der Waals surface area contributed by atoms with Crippen LogP contribution >= 0.6 is 15.9 Å². The number of benzene rings is 1. The zero-order chi connectivity index (χ0) is 12.6. The molecule has 0 aliphatic rings. The summed E-state index contributed by atoms with van der Waals surface area (Å²) in [6.07, 6.45) is 5.72. The highest BCUT2D eigenvalue weighted by Crippen LogP contribution is 2.20. The standard InChI is InChI=1S/C7H7BrFN.C6H12/c1-4-2-5(8)3-6(9)7(4)10;1-3-5-6-4-2/h2-3H,10H2,1H3;3H,1,4-6H2,2H3. The van der Waals surface area contributed by atoms with Gasteiger partial charge in [-0.05, 0) is 31.0 Å². The van der Waals surface area contributed by atoms with Gasteiger partial charge in [0.2, 0.25) is 0 Å². The van der Waals surface area contributed by atoms with E-state index in [0.717, 1.165) is 10.0 Å². The Balaban J connectivity index is 0.000000325. The van der Waals surface area contributed by atoms with Gasteiger partial charge >= 0.3 is 0 Å². The van der Waals surface area contributed by atoms with Crippen LogP contribution in [0.3, 0.4) is 0 Å². The van der Waals surface area contributed by atoms with Crippen molar-refractivity contribution in [1.82, 2.24) is 0 Å². The third kappa shape index (κ3) is 5.91. The molecule has 0 fully saturated rings. The molecule has 1 aromatic carbocycles. The smallest absolute Gasteiger partial charge is 0.147 e. The number of hydrogen-bond acceptors (Lipinski definition) is 1. The van der Waals surface area contributed by atoms with Crippen molar-refractivity contribution >= 4 is 21.6 Å². The van der Waals surface area contributed by atoms with Gasteiger partial charge in [0, 0.05) is 4.47 Å². The number of rotatable bonds is 3. The van der Waals surface area contributed by atoms with Crippen LogP contribution in [0.15, 0.2) is 29.3 Å². The van der Waals surface area contributed by atoms with Gasteiger partial charge in [-0.3, -0.25) is 0 Å². The first-order chi connectivity index (χ1) is 7.52. The molecule has 1 nitrogen and oxygen atoms in total. The third-order valence-corrected chi connectivity index (χ3v) is 2.52. The molecule has 3 heteroatoms. The van der Waals surface area contributed by atoms with Crippen molar-refractivity contribution in [3.05, 3.63) is 40.6 Å². The van der Waals surface area contributed by atoms with Crippen molar-refractivity contribution in [2.75, 3.05) is 5.73 Å². The van der Waals surface area contributed by atoms with Gasteiger partial charge in [0.15, 0.2) is 0 Å². The number of unbranched alkanes of at least 4 members (excludes halogenated alkanes) is 2. The molecule has 0 atom stereocenters. The summed E-state index contributed by atoms with van der Waals surface area (Å²) in [4.78, 5) is 0. The molecule has 90 valence electrons. The highest BCUT2D eigenvalue weighted by atomic mass is 79.9. The lowest BCUT2D eigenvalue weighted by Gasteiger charge is -2.00. The molecule has 0 aromatic heterocycles. The fraction of sp³-hybridized carbons (Fsp3) is 0.385. The molecule has 0 saturated heterocycles. The van der Waals surface area contributed by atoms with E-state index in [0.29, 0.717) is 0 Å². The second kappa shape index (κ2) is 8.34. The molecule has 0 aliphatic carbocycles. The predicted octanol–water partition coefficient (Wildman–Crippen LogP) is 4.84. The Bertz CT molecular complexity index is 314. The number of allylic oxidation sites excluding steroid dienone is 1. The second-order valence-corrected chi connectivity index (χ2v) is 4.46. The summed E-state index contributed by atoms with van der Waals surface area (Å²) in [6.45, 7) is 7.55. The van der Waals surface area contributed by atoms with Gasteiger partial charge in [0.05, 0.1) is 5.69 Å². The summed E-state index contributed by atoms with van der Waals surface area (Å²) in [7, 11) is 0. The molecule has 0 saturated carbocycles. The van der Waals surface area contributed by atoms with Crippen molar-refractivity contribution in [3.63, 3.8) is 0 Å². The minimum absolute atomic E-state index is 0.225. The number of hydrogen-bond donors (Lipinski definition) is 1. The van der Waals surface area contributed by atoms with Crippen LogP contribution in [0, 0.1) is 12.7 Å². The van der Waals surface area contributed by atoms with Crippen LogP contribution in [0.1, 0.15) is 31.7 Å². The normalized spacial score (nSPS) is 9.25. The van der Waals surface area contributed by atoms with Crippen molar-refractivity contribution in [3.8, 4) is 0 Å². The Hall–Kier alpha value is -0.830. The lowest BCUT2D eigenvalue weighted by molar-refractivity contribution is 0.630. The molecule has 1 aromatic rings. The van der Waals surface area contributed by atoms with Crippen molar-refractivity contribution < 1.29 is 4.39 Å². The quantitative estimate of drug-likeness (QED) is 0.480. The molecule has 0 unspecified atom stereocenters. The first-order valence-corrected chi connectivity index (χ1v) is 6.14. The molecular formula is C13H19BrFN. The van der Waals surface area contributed by atoms with Crippen LogP contribution in [-0.2, 0) is 0 Å². The Morgan fingerprint density at radius 1 is 1.50 bits per heavy atom. The number of anilines is 1. The molecule has 0 aliphatic heterocycles. The van der Waals surface area contributed by atoms with E-state index in [1.54, 1.807) is 13.0 Å². The van der Waals surface area contributed by atoms with Crippen LogP contribution in [0.5, 0.6) is 0 Å². The highest BCUT2D eigenvalue weighted by molar-refractivity contribution is 9.10. The predicted molar refractivity (Wildman–Crippen MR) is 73.0 cm³/mol. The van der Waals surface area contributed by atoms with Crippen LogP contribution in [-0.4, -0.2) is 0 Å². The average Bonchev–Trinajstić information content (AvgIpc) is 2.23. The van der Waals surface area contributed by atoms with E-state index < -0.39 is 0 Å². The summed E-state index contributed by atoms with van der Waals surface area (Å²) in [5, 5.41) is 0. The summed E-state index contributed by atoms with van der Waals surface area (Å²) >= 11 is 3.15. The fourth-order valence-electron chi connectivity index (χ4n) is 1.06. The molecule has 0 amide bonds. The second-order valence-electron chi connectivity index (χ2n) is 3.55. The van der Waals surface area contributed by atoms with Crippen LogP contribution in [0.25, 0.3) is 0 Å². The molecule has 0 heterocycles. The van der Waals surface area contributed by atoms with E-state index in [-0.39, 0.29) is 11.5 Å². The van der Waals surface area contributed by atoms with Crippen LogP contribution in [0.4, 0.5) is 10.1 Å². The molecule has 2 N–H and O–H groups in total. The van der Waals surface area contributed by atoms with Crippen molar-refractivity contribution in [2.24, 2.45) is 0 Å². The Morgan fingerprint density at radius 2 is 2.12 bits per heavy atom. The monoisotopic (exact) mass is 287 g/mol. The van der Waals surface area contributed by atoms with E-state index in [1.807, 2.05) is 6.08 Å². The summed E-state index contributed by atoms with van der Waals surface area (Å²) < 4.78 is 13.4. The van der Waals surface area contributed by atoms with Crippen LogP contribution in [0.2, 0.25) is 0 Å². The van der Waals surface area contributed by atoms with E-state index in [9.17, 15) is 4.39 Å². The largest absolute Gasteiger partial charge is 0.396 e. The molecule has 1 rings (SSSR count). The van der Waals surface area contributed by atoms with Gasteiger partial charge < -0.3 is 5.73 Å². The lowest BCUT2D eigenvalue weighted by Crippen LogP contribution is -1.93. The Labute approximate surface area is 106 Å². The maximum absolute atomic E-state index is 12.7. The average molecular weight is 288 g/mol. The van der Waals surface area contributed by atoms with Crippen LogP contribution < -0.4 is 5.73 Å². The number of halogens is 2. The van der Waals surface area contributed by atoms with Crippen molar-refractivity contribution in [2.45, 2.75) is 33.1 Å². The maximum atomic E-state index is 12.7. The SMILES string of the molecule is C=CCCCC.Cc1cc(Br)cc(F)c1N. The number of aryl methyl sites for hydroxylation is 1. The number of nitrogen functional groups attached to an aromatic ring is 1. The van der Waals surface area contributed by atoms with Crippen molar-refractivity contribution in [1.29, 1.82) is 0 Å². The van der Waals surface area contributed by atoms with E-state index in [4.69, 9.17) is 5.73 Å². The zero-order valence-electron chi connectivity index (χ0n) is 9.89. The van der Waals surface area contributed by atoms with Gasteiger partial charge in [0.25, 0.3) is 0 Å². The molecular weight excluding hydrogens is 269 g/mol. The lowest BCUT2D eigenvalue weighted by atomic mass is 10.2. The number of nitrogens with two attached hydrogens (primary N) is 1. The van der Waals surface area contributed by atoms with Gasteiger partial charge in [-0.25, -0.2) is 4.39 Å². The minimum Gasteiger partial charge on any atom is -0.396 e. The van der Waals surface area contributed by atoms with Gasteiger partial charge in [-0.2, -0.15) is 0 Å². The molecule has 0 radical (unpaired) electrons. The van der Waals surface area contributed by atoms with E-state index in [1.165, 1.54) is 25.3 Å². The summed E-state index contributed by atoms with van der Waals surface area (Å²) in [5.74, 6) is -0.369. The van der Waals surface area contributed by atoms with E-state index >= 15 is 0 Å². The zero-order valence-corrected chi connectivity index (χ0v) is 11.5. The maximum Gasteiger partial charge on any atom is 0.147 e. The van der Waals surface area contributed by atoms with Gasteiger partial charge in [-0.15, -0.1) is 6.58 Å². The highest BCUT2D eigenvalue weighted by Gasteiger charge is 2.01. The first kappa shape index (κ1) is 15.2. The minimum atomic E-state index is -0.369. The topological polar surface area (TPSA) is 26.0 Å². The summed E-state index contributed by atoms with van der Waals surface area (Å²) in [5.41, 5.74) is 6.34. The fourth-order valence-corrected chi connectivity index (χ4v) is 1.61. The Kier molecular flexibility index (Phi) is 7.90. The molecule has 0 spiro atoms. The molecule has 0 bridgehead atoms. The van der Waals surface area contributed by atoms with E-state index in [2.05, 4.69) is 29.4 Å². The van der Waals surface area contributed by atoms with Gasteiger partial charge in [0.1, 0.15) is 5.82 Å². The van der Waals surface area contributed by atoms with Gasteiger partial charge in [-0.1, -0.05) is 41.8 Å². The molecule has 16 heavy (non-hydrogen) atoms. The summed E-state index contributed by atoms with van der Waals surface area (Å²) in [6, 6.07) is 3.13. The first-order valence-electron chi connectivity index (χ1n) is 5.34. The third-order valence-electron chi connectivity index (χ3n) is 2.06.